The van der Waals surface area contributed by atoms with Gasteiger partial charge in [-0.25, -0.2) is 0 Å². The molecule has 1 heteroatoms. The van der Waals surface area contributed by atoms with Crippen LogP contribution in [0, 0.1) is 0 Å². The Kier molecular flexibility index (Phi) is 2.96. The van der Waals surface area contributed by atoms with Crippen molar-refractivity contribution in [1.82, 2.24) is 0 Å². The van der Waals surface area contributed by atoms with Gasteiger partial charge in [-0.05, 0) is 25.5 Å². The van der Waals surface area contributed by atoms with Crippen LogP contribution in [0.3, 0.4) is 0 Å². The van der Waals surface area contributed by atoms with E-state index in [-0.39, 0.29) is 0 Å². The van der Waals surface area contributed by atoms with Crippen LogP contribution in [0.25, 0.3) is 0 Å². The lowest BCUT2D eigenvalue weighted by atomic mass is 10.2. The summed E-state index contributed by atoms with van der Waals surface area (Å²) in [7, 11) is 0. The minimum Gasteiger partial charge on any atom is -0.493 e. The van der Waals surface area contributed by atoms with Crippen LogP contribution in [-0.4, -0.2) is 6.61 Å². The largest absolute Gasteiger partial charge is 0.493 e. The van der Waals surface area contributed by atoms with Gasteiger partial charge in [0.2, 0.25) is 0 Å². The van der Waals surface area contributed by atoms with Crippen molar-refractivity contribution in [2.75, 3.05) is 6.61 Å². The average Bonchev–Trinajstić information content (AvgIpc) is 2.39. The van der Waals surface area contributed by atoms with E-state index in [1.165, 1.54) is 5.57 Å². The fraction of sp³-hybridized carbons (Fsp3) is 0.400. The Labute approximate surface area is 68.1 Å². The van der Waals surface area contributed by atoms with Crippen LogP contribution in [0.1, 0.15) is 20.3 Å². The molecule has 0 saturated carbocycles. The van der Waals surface area contributed by atoms with Crippen molar-refractivity contribution in [3.63, 3.8) is 0 Å². The van der Waals surface area contributed by atoms with Gasteiger partial charge in [0.25, 0.3) is 0 Å². The van der Waals surface area contributed by atoms with Crippen molar-refractivity contribution in [3.8, 4) is 0 Å². The Hall–Kier alpha value is -0.980. The quantitative estimate of drug-likeness (QED) is 0.588. The van der Waals surface area contributed by atoms with E-state index in [2.05, 4.69) is 6.08 Å². The van der Waals surface area contributed by atoms with Gasteiger partial charge in [-0.2, -0.15) is 0 Å². The molecular formula is C10H14O. The molecule has 0 aromatic carbocycles. The fourth-order valence-electron chi connectivity index (χ4n) is 1.16. The number of hydrogen-bond acceptors (Lipinski definition) is 1. The molecule has 0 atom stereocenters. The molecule has 60 valence electrons. The summed E-state index contributed by atoms with van der Waals surface area (Å²) >= 11 is 0. The molecule has 0 saturated heterocycles. The van der Waals surface area contributed by atoms with E-state index in [0.717, 1.165) is 18.8 Å². The third-order valence-electron chi connectivity index (χ3n) is 1.63. The summed E-state index contributed by atoms with van der Waals surface area (Å²) < 4.78 is 5.40. The molecule has 1 rings (SSSR count). The van der Waals surface area contributed by atoms with Gasteiger partial charge in [0, 0.05) is 6.42 Å². The highest BCUT2D eigenvalue weighted by Crippen LogP contribution is 2.20. The first-order valence-electron chi connectivity index (χ1n) is 4.00. The monoisotopic (exact) mass is 150 g/mol. The predicted octanol–water partition coefficient (Wildman–Crippen LogP) is 2.81. The zero-order valence-corrected chi connectivity index (χ0v) is 7.13. The van der Waals surface area contributed by atoms with E-state index in [0.29, 0.717) is 0 Å². The Morgan fingerprint density at radius 1 is 1.18 bits per heavy atom. The van der Waals surface area contributed by atoms with Gasteiger partial charge in [-0.3, -0.25) is 0 Å². The Morgan fingerprint density at radius 2 is 1.91 bits per heavy atom. The number of rotatable bonds is 2. The molecule has 1 aliphatic rings. The summed E-state index contributed by atoms with van der Waals surface area (Å²) in [6.07, 6.45) is 9.23. The molecular weight excluding hydrogens is 136 g/mol. The molecule has 0 aliphatic carbocycles. The van der Waals surface area contributed by atoms with Gasteiger partial charge < -0.3 is 4.74 Å². The Bertz CT molecular complexity index is 187. The van der Waals surface area contributed by atoms with Crippen molar-refractivity contribution in [2.45, 2.75) is 20.3 Å². The van der Waals surface area contributed by atoms with Gasteiger partial charge in [-0.1, -0.05) is 18.2 Å². The first kappa shape index (κ1) is 8.12. The molecule has 0 N–H and O–H groups in total. The van der Waals surface area contributed by atoms with E-state index >= 15 is 0 Å². The molecule has 1 aliphatic heterocycles. The number of ether oxygens (including phenoxy) is 1. The molecule has 0 bridgehead atoms. The normalized spacial score (nSPS) is 18.7. The molecule has 0 radical (unpaired) electrons. The highest BCUT2D eigenvalue weighted by atomic mass is 16.5. The van der Waals surface area contributed by atoms with Crippen LogP contribution in [0.2, 0.25) is 0 Å². The SMILES string of the molecule is C/C=C\C1=C(/C=C\C)OCC1. The van der Waals surface area contributed by atoms with E-state index < -0.39 is 0 Å². The molecule has 0 spiro atoms. The maximum absolute atomic E-state index is 5.40. The first-order valence-corrected chi connectivity index (χ1v) is 4.00. The maximum atomic E-state index is 5.40. The zero-order valence-electron chi connectivity index (χ0n) is 7.13. The third kappa shape index (κ3) is 1.97. The lowest BCUT2D eigenvalue weighted by molar-refractivity contribution is 0.257. The summed E-state index contributed by atoms with van der Waals surface area (Å²) in [5, 5.41) is 0. The number of allylic oxidation sites excluding steroid dienone is 4. The number of hydrogen-bond donors (Lipinski definition) is 0. The van der Waals surface area contributed by atoms with Crippen molar-refractivity contribution in [2.24, 2.45) is 0 Å². The lowest BCUT2D eigenvalue weighted by Crippen LogP contribution is -1.79. The summed E-state index contributed by atoms with van der Waals surface area (Å²) in [4.78, 5) is 0. The van der Waals surface area contributed by atoms with Crippen LogP contribution in [0.15, 0.2) is 35.6 Å². The molecule has 1 nitrogen and oxygen atoms in total. The smallest absolute Gasteiger partial charge is 0.122 e. The van der Waals surface area contributed by atoms with Crippen molar-refractivity contribution < 1.29 is 4.74 Å². The molecule has 0 aromatic heterocycles. The molecule has 0 aromatic rings. The highest BCUT2D eigenvalue weighted by Gasteiger charge is 2.09. The van der Waals surface area contributed by atoms with E-state index in [1.807, 2.05) is 32.1 Å². The molecule has 1 heterocycles. The standard InChI is InChI=1S/C10H14O/c1-3-5-9-7-8-11-10(9)6-4-2/h3-6H,7-8H2,1-2H3/b5-3-,6-4-. The Morgan fingerprint density at radius 3 is 2.55 bits per heavy atom. The maximum Gasteiger partial charge on any atom is 0.122 e. The minimum absolute atomic E-state index is 0.833. The summed E-state index contributed by atoms with van der Waals surface area (Å²) in [5.41, 5.74) is 1.31. The van der Waals surface area contributed by atoms with Crippen molar-refractivity contribution >= 4 is 0 Å². The van der Waals surface area contributed by atoms with Gasteiger partial charge in [-0.15, -0.1) is 0 Å². The van der Waals surface area contributed by atoms with Crippen molar-refractivity contribution in [1.29, 1.82) is 0 Å². The van der Waals surface area contributed by atoms with Crippen LogP contribution >= 0.6 is 0 Å². The highest BCUT2D eigenvalue weighted by molar-refractivity contribution is 5.31. The molecule has 0 fully saturated rings. The molecule has 0 unspecified atom stereocenters. The van der Waals surface area contributed by atoms with Crippen LogP contribution < -0.4 is 0 Å². The van der Waals surface area contributed by atoms with Crippen LogP contribution in [0.5, 0.6) is 0 Å². The van der Waals surface area contributed by atoms with Gasteiger partial charge in [0.1, 0.15) is 5.76 Å². The summed E-state index contributed by atoms with van der Waals surface area (Å²) in [6.45, 7) is 4.86. The summed E-state index contributed by atoms with van der Waals surface area (Å²) in [5.74, 6) is 1.03. The lowest BCUT2D eigenvalue weighted by Gasteiger charge is -1.95. The fourth-order valence-corrected chi connectivity index (χ4v) is 1.16. The minimum atomic E-state index is 0.833. The topological polar surface area (TPSA) is 9.23 Å². The van der Waals surface area contributed by atoms with E-state index in [4.69, 9.17) is 4.74 Å². The first-order chi connectivity index (χ1) is 5.38. The zero-order chi connectivity index (χ0) is 8.10. The second kappa shape index (κ2) is 4.02. The molecule has 11 heavy (non-hydrogen) atoms. The predicted molar refractivity (Wildman–Crippen MR) is 47.2 cm³/mol. The van der Waals surface area contributed by atoms with Gasteiger partial charge in [0.05, 0.1) is 6.61 Å². The summed E-state index contributed by atoms with van der Waals surface area (Å²) in [6, 6.07) is 0. The van der Waals surface area contributed by atoms with Crippen LogP contribution in [0.4, 0.5) is 0 Å². The Balaban J connectivity index is 2.77. The third-order valence-corrected chi connectivity index (χ3v) is 1.63. The van der Waals surface area contributed by atoms with E-state index in [9.17, 15) is 0 Å². The van der Waals surface area contributed by atoms with Gasteiger partial charge >= 0.3 is 0 Å². The second-order valence-electron chi connectivity index (χ2n) is 2.49. The van der Waals surface area contributed by atoms with Gasteiger partial charge in [0.15, 0.2) is 0 Å². The van der Waals surface area contributed by atoms with Crippen molar-refractivity contribution in [3.05, 3.63) is 35.6 Å². The van der Waals surface area contributed by atoms with E-state index in [1.54, 1.807) is 0 Å². The second-order valence-corrected chi connectivity index (χ2v) is 2.49. The van der Waals surface area contributed by atoms with Crippen LogP contribution in [-0.2, 0) is 4.74 Å². The molecule has 0 amide bonds. The average molecular weight is 150 g/mol.